The van der Waals surface area contributed by atoms with Crippen molar-refractivity contribution in [3.8, 4) is 0 Å². The molecular weight excluding hydrogens is 305 g/mol. The Morgan fingerprint density at radius 3 is 1.35 bits per heavy atom. The number of hydrogen-bond donors (Lipinski definition) is 1. The molecule has 0 spiro atoms. The predicted molar refractivity (Wildman–Crippen MR) is 49.4 cm³/mol. The number of alkyl halides is 9. The van der Waals surface area contributed by atoms with Crippen LogP contribution in [0, 0.1) is 0 Å². The summed E-state index contributed by atoms with van der Waals surface area (Å²) in [5.74, 6) is 0. The maximum Gasteiger partial charge on any atom is 0.416 e. The van der Waals surface area contributed by atoms with Gasteiger partial charge in [-0.05, 0) is 12.1 Å². The molecule has 0 unspecified atom stereocenters. The molecule has 10 heteroatoms. The summed E-state index contributed by atoms with van der Waals surface area (Å²) >= 11 is 0. The van der Waals surface area contributed by atoms with E-state index in [-0.39, 0.29) is 12.1 Å². The number of nitrogens with two attached hydrogens (primary N) is 1. The number of rotatable bonds is 1. The first-order valence-electron chi connectivity index (χ1n) is 4.86. The van der Waals surface area contributed by atoms with Gasteiger partial charge in [0, 0.05) is 5.56 Å². The third-order valence-electron chi connectivity index (χ3n) is 2.38. The third kappa shape index (κ3) is 3.35. The Morgan fingerprint density at radius 2 is 1.10 bits per heavy atom. The molecule has 0 aromatic heterocycles. The molecule has 1 aromatic carbocycles. The molecule has 1 rings (SSSR count). The van der Waals surface area contributed by atoms with Crippen molar-refractivity contribution in [1.82, 2.24) is 0 Å². The summed E-state index contributed by atoms with van der Waals surface area (Å²) < 4.78 is 113. The van der Waals surface area contributed by atoms with Crippen LogP contribution in [0.25, 0.3) is 0 Å². The van der Waals surface area contributed by atoms with E-state index in [9.17, 15) is 39.5 Å². The van der Waals surface area contributed by atoms with Gasteiger partial charge in [0.15, 0.2) is 0 Å². The van der Waals surface area contributed by atoms with E-state index in [1.807, 2.05) is 0 Å². The molecule has 0 heterocycles. The summed E-state index contributed by atoms with van der Waals surface area (Å²) in [7, 11) is 0. The summed E-state index contributed by atoms with van der Waals surface area (Å²) in [5.41, 5.74) is -1.60. The van der Waals surface area contributed by atoms with Gasteiger partial charge in [-0.2, -0.15) is 39.5 Å². The molecule has 0 fully saturated rings. The van der Waals surface area contributed by atoms with Crippen molar-refractivity contribution < 1.29 is 39.5 Å². The Kier molecular flexibility index (Phi) is 4.01. The number of benzene rings is 1. The highest BCUT2D eigenvalue weighted by atomic mass is 19.4. The Labute approximate surface area is 106 Å². The van der Waals surface area contributed by atoms with Gasteiger partial charge in [-0.15, -0.1) is 0 Å². The number of halogens is 9. The fourth-order valence-electron chi connectivity index (χ4n) is 1.56. The van der Waals surface area contributed by atoms with E-state index < -0.39 is 41.3 Å². The van der Waals surface area contributed by atoms with E-state index in [0.717, 1.165) is 0 Å². The molecule has 114 valence electrons. The van der Waals surface area contributed by atoms with Crippen molar-refractivity contribution in [2.75, 3.05) is 0 Å². The van der Waals surface area contributed by atoms with Crippen molar-refractivity contribution in [3.63, 3.8) is 0 Å². The van der Waals surface area contributed by atoms with Crippen LogP contribution in [0.15, 0.2) is 18.2 Å². The summed E-state index contributed by atoms with van der Waals surface area (Å²) in [6, 6.07) is -2.78. The van der Waals surface area contributed by atoms with Crippen molar-refractivity contribution >= 4 is 0 Å². The largest absolute Gasteiger partial charge is 0.416 e. The molecule has 1 aromatic rings. The fourth-order valence-corrected chi connectivity index (χ4v) is 1.56. The molecule has 0 amide bonds. The quantitative estimate of drug-likeness (QED) is 0.770. The highest BCUT2D eigenvalue weighted by molar-refractivity contribution is 5.41. The SMILES string of the molecule is N[C@@H](c1c(C(F)(F)F)cccc1C(F)(F)F)C(F)(F)F. The van der Waals surface area contributed by atoms with Crippen molar-refractivity contribution in [1.29, 1.82) is 0 Å². The summed E-state index contributed by atoms with van der Waals surface area (Å²) in [6.45, 7) is 0. The van der Waals surface area contributed by atoms with Gasteiger partial charge in [0.1, 0.15) is 6.04 Å². The van der Waals surface area contributed by atoms with Crippen LogP contribution >= 0.6 is 0 Å². The third-order valence-corrected chi connectivity index (χ3v) is 2.38. The molecule has 20 heavy (non-hydrogen) atoms. The Hall–Kier alpha value is -1.45. The Bertz CT molecular complexity index is 451. The summed E-state index contributed by atoms with van der Waals surface area (Å²) in [6.07, 6.45) is -16.2. The highest BCUT2D eigenvalue weighted by Crippen LogP contribution is 2.45. The van der Waals surface area contributed by atoms with Crippen molar-refractivity contribution in [2.24, 2.45) is 5.73 Å². The minimum atomic E-state index is -5.44. The Morgan fingerprint density at radius 1 is 0.750 bits per heavy atom. The second kappa shape index (κ2) is 4.83. The molecule has 0 bridgehead atoms. The molecule has 0 saturated carbocycles. The zero-order valence-electron chi connectivity index (χ0n) is 9.29. The van der Waals surface area contributed by atoms with Gasteiger partial charge >= 0.3 is 18.5 Å². The van der Waals surface area contributed by atoms with Gasteiger partial charge in [-0.1, -0.05) is 6.07 Å². The molecule has 2 N–H and O–H groups in total. The zero-order chi connectivity index (χ0) is 15.9. The molecule has 1 nitrogen and oxygen atoms in total. The van der Waals surface area contributed by atoms with Crippen LogP contribution in [0.2, 0.25) is 0 Å². The average molecular weight is 311 g/mol. The Balaban J connectivity index is 3.66. The van der Waals surface area contributed by atoms with Gasteiger partial charge < -0.3 is 5.73 Å². The lowest BCUT2D eigenvalue weighted by atomic mass is 9.94. The van der Waals surface area contributed by atoms with Gasteiger partial charge in [0.2, 0.25) is 0 Å². The van der Waals surface area contributed by atoms with Crippen LogP contribution in [0.4, 0.5) is 39.5 Å². The minimum Gasteiger partial charge on any atom is -0.316 e. The molecule has 0 aliphatic rings. The zero-order valence-corrected chi connectivity index (χ0v) is 9.29. The summed E-state index contributed by atoms with van der Waals surface area (Å²) in [4.78, 5) is 0. The van der Waals surface area contributed by atoms with E-state index in [4.69, 9.17) is 0 Å². The van der Waals surface area contributed by atoms with Crippen LogP contribution in [-0.2, 0) is 12.4 Å². The lowest BCUT2D eigenvalue weighted by Gasteiger charge is -2.24. The molecule has 0 aliphatic carbocycles. The smallest absolute Gasteiger partial charge is 0.316 e. The van der Waals surface area contributed by atoms with Crippen LogP contribution in [0.1, 0.15) is 22.7 Å². The second-order valence-electron chi connectivity index (χ2n) is 3.78. The minimum absolute atomic E-state index is 0.121. The van der Waals surface area contributed by atoms with Crippen LogP contribution in [-0.4, -0.2) is 6.18 Å². The molecule has 1 atom stereocenters. The standard InChI is InChI=1S/C10H6F9N/c11-8(12,13)4-2-1-3-5(9(14,15)16)6(4)7(20)10(17,18)19/h1-3,7H,20H2/t7-/m0/s1. The van der Waals surface area contributed by atoms with E-state index in [2.05, 4.69) is 5.73 Å². The fraction of sp³-hybridized carbons (Fsp3) is 0.400. The number of hydrogen-bond acceptors (Lipinski definition) is 1. The van der Waals surface area contributed by atoms with E-state index >= 15 is 0 Å². The maximum absolute atomic E-state index is 12.6. The van der Waals surface area contributed by atoms with Gasteiger partial charge in [0.05, 0.1) is 11.1 Å². The topological polar surface area (TPSA) is 26.0 Å². The molecule has 0 radical (unpaired) electrons. The predicted octanol–water partition coefficient (Wildman–Crippen LogP) is 4.29. The lowest BCUT2D eigenvalue weighted by Crippen LogP contribution is -2.33. The molecular formula is C10H6F9N. The molecule has 0 saturated heterocycles. The first-order chi connectivity index (χ1) is 8.76. The van der Waals surface area contributed by atoms with E-state index in [0.29, 0.717) is 6.07 Å². The maximum atomic E-state index is 12.6. The highest BCUT2D eigenvalue weighted by Gasteiger charge is 2.48. The lowest BCUT2D eigenvalue weighted by molar-refractivity contribution is -0.161. The first kappa shape index (κ1) is 16.6. The van der Waals surface area contributed by atoms with Crippen LogP contribution < -0.4 is 5.73 Å². The first-order valence-corrected chi connectivity index (χ1v) is 4.86. The average Bonchev–Trinajstić information content (AvgIpc) is 2.23. The monoisotopic (exact) mass is 311 g/mol. The van der Waals surface area contributed by atoms with E-state index in [1.54, 1.807) is 0 Å². The summed E-state index contributed by atoms with van der Waals surface area (Å²) in [5, 5.41) is 0. The normalized spacial score (nSPS) is 15.3. The van der Waals surface area contributed by atoms with Gasteiger partial charge in [0.25, 0.3) is 0 Å². The molecule has 0 aliphatic heterocycles. The second-order valence-corrected chi connectivity index (χ2v) is 3.78. The van der Waals surface area contributed by atoms with Crippen molar-refractivity contribution in [3.05, 3.63) is 34.9 Å². The van der Waals surface area contributed by atoms with E-state index in [1.165, 1.54) is 0 Å². The van der Waals surface area contributed by atoms with Gasteiger partial charge in [-0.3, -0.25) is 0 Å². The van der Waals surface area contributed by atoms with Crippen molar-refractivity contribution in [2.45, 2.75) is 24.6 Å². The van der Waals surface area contributed by atoms with Crippen LogP contribution in [0.3, 0.4) is 0 Å². The van der Waals surface area contributed by atoms with Gasteiger partial charge in [-0.25, -0.2) is 0 Å². The van der Waals surface area contributed by atoms with Crippen LogP contribution in [0.5, 0.6) is 0 Å².